The molecule has 0 unspecified atom stereocenters. The quantitative estimate of drug-likeness (QED) is 0.546. The number of benzene rings is 1. The van der Waals surface area contributed by atoms with E-state index in [1.807, 2.05) is 12.1 Å². The summed E-state index contributed by atoms with van der Waals surface area (Å²) < 4.78 is 4.83. The van der Waals surface area contributed by atoms with Crippen LogP contribution in [0, 0.1) is 0 Å². The molecular formula is C14H20N2O3. The lowest BCUT2D eigenvalue weighted by Crippen LogP contribution is -2.20. The van der Waals surface area contributed by atoms with Crippen molar-refractivity contribution in [2.24, 2.45) is 5.73 Å². The molecule has 0 heterocycles. The van der Waals surface area contributed by atoms with Crippen LogP contribution in [0.5, 0.6) is 0 Å². The molecule has 0 saturated carbocycles. The van der Waals surface area contributed by atoms with E-state index >= 15 is 0 Å². The van der Waals surface area contributed by atoms with Crippen molar-refractivity contribution >= 4 is 11.9 Å². The van der Waals surface area contributed by atoms with Gasteiger partial charge < -0.3 is 15.8 Å². The first kappa shape index (κ1) is 15.2. The van der Waals surface area contributed by atoms with Crippen LogP contribution in [0.15, 0.2) is 24.3 Å². The molecule has 0 spiro atoms. The van der Waals surface area contributed by atoms with Gasteiger partial charge in [-0.15, -0.1) is 0 Å². The summed E-state index contributed by atoms with van der Waals surface area (Å²) in [6, 6.07) is 7.21. The van der Waals surface area contributed by atoms with Crippen LogP contribution in [-0.4, -0.2) is 25.0 Å². The zero-order chi connectivity index (χ0) is 14.1. The maximum Gasteiger partial charge on any atom is 0.305 e. The van der Waals surface area contributed by atoms with Crippen molar-refractivity contribution in [3.8, 4) is 0 Å². The molecule has 0 fully saturated rings. The molecule has 0 aliphatic heterocycles. The molecule has 1 amide bonds. The van der Waals surface area contributed by atoms with E-state index in [4.69, 9.17) is 10.5 Å². The molecule has 0 aromatic heterocycles. The van der Waals surface area contributed by atoms with Crippen molar-refractivity contribution in [2.75, 3.05) is 13.2 Å². The minimum atomic E-state index is -0.427. The van der Waals surface area contributed by atoms with Gasteiger partial charge in [0.2, 0.25) is 5.91 Å². The van der Waals surface area contributed by atoms with E-state index in [1.54, 1.807) is 19.1 Å². The topological polar surface area (TPSA) is 81.4 Å². The number of carbonyl (C=O) groups is 2. The highest BCUT2D eigenvalue weighted by Crippen LogP contribution is 2.07. The highest BCUT2D eigenvalue weighted by atomic mass is 16.5. The maximum absolute atomic E-state index is 11.2. The molecular weight excluding hydrogens is 244 g/mol. The van der Waals surface area contributed by atoms with Crippen LogP contribution in [0.1, 0.15) is 35.7 Å². The zero-order valence-electron chi connectivity index (χ0n) is 11.1. The third-order valence-electron chi connectivity index (χ3n) is 2.64. The SMILES string of the molecule is CCOC(=O)CCCNCc1ccccc1C(N)=O. The number of hydrogen-bond acceptors (Lipinski definition) is 4. The predicted molar refractivity (Wildman–Crippen MR) is 72.5 cm³/mol. The number of ether oxygens (including phenoxy) is 1. The van der Waals surface area contributed by atoms with E-state index in [9.17, 15) is 9.59 Å². The predicted octanol–water partition coefficient (Wildman–Crippen LogP) is 1.22. The Kier molecular flexibility index (Phi) is 6.60. The van der Waals surface area contributed by atoms with Gasteiger partial charge in [0.25, 0.3) is 0 Å². The first-order valence-corrected chi connectivity index (χ1v) is 6.39. The highest BCUT2D eigenvalue weighted by molar-refractivity contribution is 5.94. The number of carbonyl (C=O) groups excluding carboxylic acids is 2. The number of nitrogens with one attached hydrogen (secondary N) is 1. The van der Waals surface area contributed by atoms with Gasteiger partial charge in [-0.25, -0.2) is 0 Å². The van der Waals surface area contributed by atoms with E-state index in [-0.39, 0.29) is 5.97 Å². The molecule has 5 heteroatoms. The fourth-order valence-electron chi connectivity index (χ4n) is 1.73. The Bertz CT molecular complexity index is 432. The molecule has 1 aromatic rings. The van der Waals surface area contributed by atoms with Gasteiger partial charge in [-0.05, 0) is 31.5 Å². The maximum atomic E-state index is 11.2. The minimum absolute atomic E-state index is 0.179. The Hall–Kier alpha value is -1.88. The molecule has 0 saturated heterocycles. The van der Waals surface area contributed by atoms with Gasteiger partial charge in [0, 0.05) is 18.5 Å². The zero-order valence-corrected chi connectivity index (χ0v) is 11.1. The van der Waals surface area contributed by atoms with Gasteiger partial charge in [0.1, 0.15) is 0 Å². The van der Waals surface area contributed by atoms with Crippen molar-refractivity contribution in [3.05, 3.63) is 35.4 Å². The first-order chi connectivity index (χ1) is 9.15. The molecule has 1 aromatic carbocycles. The Morgan fingerprint density at radius 3 is 2.74 bits per heavy atom. The number of rotatable bonds is 8. The third kappa shape index (κ3) is 5.52. The van der Waals surface area contributed by atoms with Crippen LogP contribution < -0.4 is 11.1 Å². The normalized spacial score (nSPS) is 10.2. The van der Waals surface area contributed by atoms with Gasteiger partial charge >= 0.3 is 5.97 Å². The van der Waals surface area contributed by atoms with Crippen molar-refractivity contribution in [2.45, 2.75) is 26.3 Å². The molecule has 3 N–H and O–H groups in total. The molecule has 19 heavy (non-hydrogen) atoms. The van der Waals surface area contributed by atoms with E-state index in [2.05, 4.69) is 5.32 Å². The van der Waals surface area contributed by atoms with Crippen LogP contribution in [0.25, 0.3) is 0 Å². The fraction of sp³-hybridized carbons (Fsp3) is 0.429. The first-order valence-electron chi connectivity index (χ1n) is 6.39. The number of primary amides is 1. The largest absolute Gasteiger partial charge is 0.466 e. The van der Waals surface area contributed by atoms with Crippen molar-refractivity contribution in [3.63, 3.8) is 0 Å². The summed E-state index contributed by atoms with van der Waals surface area (Å²) >= 11 is 0. The van der Waals surface area contributed by atoms with Crippen LogP contribution in [0.3, 0.4) is 0 Å². The Morgan fingerprint density at radius 1 is 1.32 bits per heavy atom. The molecule has 0 bridgehead atoms. The molecule has 0 atom stereocenters. The summed E-state index contributed by atoms with van der Waals surface area (Å²) in [6.07, 6.45) is 1.11. The summed E-state index contributed by atoms with van der Waals surface area (Å²) in [7, 11) is 0. The number of amides is 1. The molecule has 104 valence electrons. The second-order valence-corrected chi connectivity index (χ2v) is 4.11. The van der Waals surface area contributed by atoms with E-state index in [1.165, 1.54) is 0 Å². The van der Waals surface area contributed by atoms with E-state index in [0.29, 0.717) is 38.1 Å². The standard InChI is InChI=1S/C14H20N2O3/c1-2-19-13(17)8-5-9-16-10-11-6-3-4-7-12(11)14(15)18/h3-4,6-7,16H,2,5,8-10H2,1H3,(H2,15,18). The highest BCUT2D eigenvalue weighted by Gasteiger charge is 2.06. The van der Waals surface area contributed by atoms with Gasteiger partial charge in [-0.3, -0.25) is 9.59 Å². The van der Waals surface area contributed by atoms with E-state index < -0.39 is 5.91 Å². The summed E-state index contributed by atoms with van der Waals surface area (Å²) in [5.41, 5.74) is 6.69. The summed E-state index contributed by atoms with van der Waals surface area (Å²) in [6.45, 7) is 3.45. The summed E-state index contributed by atoms with van der Waals surface area (Å²) in [5, 5.41) is 3.18. The monoisotopic (exact) mass is 264 g/mol. The second-order valence-electron chi connectivity index (χ2n) is 4.11. The molecule has 0 aliphatic rings. The summed E-state index contributed by atoms with van der Waals surface area (Å²) in [5.74, 6) is -0.606. The van der Waals surface area contributed by atoms with Gasteiger partial charge in [0.15, 0.2) is 0 Å². The Morgan fingerprint density at radius 2 is 2.05 bits per heavy atom. The molecule has 0 aliphatic carbocycles. The Labute approximate surface area is 113 Å². The van der Waals surface area contributed by atoms with Crippen molar-refractivity contribution in [1.82, 2.24) is 5.32 Å². The Balaban J connectivity index is 2.30. The smallest absolute Gasteiger partial charge is 0.305 e. The number of nitrogens with two attached hydrogens (primary N) is 1. The van der Waals surface area contributed by atoms with Crippen LogP contribution in [-0.2, 0) is 16.1 Å². The molecule has 0 radical (unpaired) electrons. The van der Waals surface area contributed by atoms with Gasteiger partial charge in [0.05, 0.1) is 6.61 Å². The molecule has 1 rings (SSSR count). The van der Waals surface area contributed by atoms with Gasteiger partial charge in [-0.1, -0.05) is 18.2 Å². The lowest BCUT2D eigenvalue weighted by atomic mass is 10.1. The van der Waals surface area contributed by atoms with E-state index in [0.717, 1.165) is 5.56 Å². The van der Waals surface area contributed by atoms with Crippen LogP contribution in [0.2, 0.25) is 0 Å². The fourth-order valence-corrected chi connectivity index (χ4v) is 1.73. The number of hydrogen-bond donors (Lipinski definition) is 2. The lowest BCUT2D eigenvalue weighted by Gasteiger charge is -2.08. The lowest BCUT2D eigenvalue weighted by molar-refractivity contribution is -0.143. The van der Waals surface area contributed by atoms with Crippen molar-refractivity contribution < 1.29 is 14.3 Å². The average Bonchev–Trinajstić information content (AvgIpc) is 2.39. The second kappa shape index (κ2) is 8.26. The van der Waals surface area contributed by atoms with Crippen LogP contribution in [0.4, 0.5) is 0 Å². The molecule has 5 nitrogen and oxygen atoms in total. The third-order valence-corrected chi connectivity index (χ3v) is 2.64. The van der Waals surface area contributed by atoms with Crippen molar-refractivity contribution in [1.29, 1.82) is 0 Å². The average molecular weight is 264 g/mol. The number of esters is 1. The minimum Gasteiger partial charge on any atom is -0.466 e. The van der Waals surface area contributed by atoms with Gasteiger partial charge in [-0.2, -0.15) is 0 Å². The summed E-state index contributed by atoms with van der Waals surface area (Å²) in [4.78, 5) is 22.3. The van der Waals surface area contributed by atoms with Crippen LogP contribution >= 0.6 is 0 Å².